The van der Waals surface area contributed by atoms with Crippen molar-refractivity contribution >= 4 is 16.7 Å². The van der Waals surface area contributed by atoms with Gasteiger partial charge in [0, 0.05) is 12.1 Å². The fourth-order valence-corrected chi connectivity index (χ4v) is 2.47. The van der Waals surface area contributed by atoms with Crippen molar-refractivity contribution < 1.29 is 8.78 Å². The molecule has 0 spiro atoms. The summed E-state index contributed by atoms with van der Waals surface area (Å²) in [4.78, 5) is 4.52. The van der Waals surface area contributed by atoms with Gasteiger partial charge in [-0.1, -0.05) is 13.0 Å². The number of para-hydroxylation sites is 1. The second-order valence-corrected chi connectivity index (χ2v) is 4.93. The molecule has 0 aliphatic heterocycles. The van der Waals surface area contributed by atoms with E-state index < -0.39 is 11.6 Å². The maximum absolute atomic E-state index is 13.5. The number of anilines is 1. The first-order valence-electron chi connectivity index (χ1n) is 6.82. The highest BCUT2D eigenvalue weighted by Crippen LogP contribution is 2.29. The molecule has 0 aliphatic rings. The molecule has 0 bridgehead atoms. The molecule has 0 amide bonds. The summed E-state index contributed by atoms with van der Waals surface area (Å²) in [6, 6.07) is 9.38. The summed E-state index contributed by atoms with van der Waals surface area (Å²) < 4.78 is 28.6. The number of rotatable bonds is 3. The molecule has 0 saturated carbocycles. The molecule has 1 heterocycles. The monoisotopic (exact) mass is 287 g/mol. The molecule has 0 fully saturated rings. The zero-order valence-electron chi connectivity index (χ0n) is 11.6. The van der Waals surface area contributed by atoms with Crippen LogP contribution in [0.2, 0.25) is 0 Å². The highest BCUT2D eigenvalue weighted by molar-refractivity contribution is 5.90. The van der Waals surface area contributed by atoms with Crippen LogP contribution in [0.5, 0.6) is 0 Å². The van der Waals surface area contributed by atoms with E-state index in [0.29, 0.717) is 22.6 Å². The van der Waals surface area contributed by atoms with Gasteiger partial charge in [-0.25, -0.2) is 13.8 Å². The summed E-state index contributed by atoms with van der Waals surface area (Å²) in [5.74, 6) is -1.14. The van der Waals surface area contributed by atoms with E-state index in [1.807, 2.05) is 23.6 Å². The predicted octanol–water partition coefficient (Wildman–Crippen LogP) is 3.97. The fourth-order valence-electron chi connectivity index (χ4n) is 2.47. The Bertz CT molecular complexity index is 809. The lowest BCUT2D eigenvalue weighted by Crippen LogP contribution is -2.00. The van der Waals surface area contributed by atoms with Crippen LogP contribution in [-0.2, 0) is 6.54 Å². The Balaban J connectivity index is 2.27. The molecule has 2 aromatic carbocycles. The standard InChI is InChI=1S/C16H15F2N3/c1-2-8-21-14-5-3-4-13(19)15(14)20-16(21)10-6-7-11(17)12(18)9-10/h3-7,9H,2,8,19H2,1H3. The average molecular weight is 287 g/mol. The minimum absolute atomic E-state index is 0.540. The molecule has 0 saturated heterocycles. The Labute approximate surface area is 121 Å². The third-order valence-corrected chi connectivity index (χ3v) is 3.44. The van der Waals surface area contributed by atoms with Gasteiger partial charge >= 0.3 is 0 Å². The Kier molecular flexibility index (Phi) is 3.33. The molecule has 0 unspecified atom stereocenters. The van der Waals surface area contributed by atoms with Crippen LogP contribution >= 0.6 is 0 Å². The van der Waals surface area contributed by atoms with E-state index in [1.165, 1.54) is 12.1 Å². The normalized spacial score (nSPS) is 11.2. The zero-order chi connectivity index (χ0) is 15.0. The minimum Gasteiger partial charge on any atom is -0.397 e. The summed E-state index contributed by atoms with van der Waals surface area (Å²) in [6.45, 7) is 2.78. The maximum Gasteiger partial charge on any atom is 0.159 e. The van der Waals surface area contributed by atoms with Crippen molar-refractivity contribution in [2.24, 2.45) is 0 Å². The number of nitrogen functional groups attached to an aromatic ring is 1. The van der Waals surface area contributed by atoms with Crippen LogP contribution in [0.1, 0.15) is 13.3 Å². The van der Waals surface area contributed by atoms with Gasteiger partial charge in [-0.15, -0.1) is 0 Å². The lowest BCUT2D eigenvalue weighted by atomic mass is 10.2. The second-order valence-electron chi connectivity index (χ2n) is 4.93. The van der Waals surface area contributed by atoms with Crippen LogP contribution in [0, 0.1) is 11.6 Å². The Morgan fingerprint density at radius 3 is 2.67 bits per heavy atom. The molecular weight excluding hydrogens is 272 g/mol. The van der Waals surface area contributed by atoms with Crippen LogP contribution in [0.4, 0.5) is 14.5 Å². The topological polar surface area (TPSA) is 43.8 Å². The van der Waals surface area contributed by atoms with E-state index in [1.54, 1.807) is 6.07 Å². The molecule has 21 heavy (non-hydrogen) atoms. The van der Waals surface area contributed by atoms with E-state index in [0.717, 1.165) is 24.5 Å². The van der Waals surface area contributed by atoms with E-state index >= 15 is 0 Å². The Morgan fingerprint density at radius 1 is 1.14 bits per heavy atom. The van der Waals surface area contributed by atoms with Crippen LogP contribution in [0.3, 0.4) is 0 Å². The first kappa shape index (κ1) is 13.5. The highest BCUT2D eigenvalue weighted by atomic mass is 19.2. The van der Waals surface area contributed by atoms with Gasteiger partial charge in [0.2, 0.25) is 0 Å². The number of aryl methyl sites for hydroxylation is 1. The quantitative estimate of drug-likeness (QED) is 0.741. The Morgan fingerprint density at radius 2 is 1.95 bits per heavy atom. The smallest absolute Gasteiger partial charge is 0.159 e. The number of imidazole rings is 1. The van der Waals surface area contributed by atoms with Crippen molar-refractivity contribution in [3.63, 3.8) is 0 Å². The van der Waals surface area contributed by atoms with Gasteiger partial charge in [-0.2, -0.15) is 0 Å². The molecule has 3 nitrogen and oxygen atoms in total. The van der Waals surface area contributed by atoms with E-state index in [9.17, 15) is 8.78 Å². The molecular formula is C16H15F2N3. The molecule has 0 atom stereocenters. The highest BCUT2D eigenvalue weighted by Gasteiger charge is 2.15. The second kappa shape index (κ2) is 5.16. The number of fused-ring (bicyclic) bond motifs is 1. The van der Waals surface area contributed by atoms with Gasteiger partial charge in [0.05, 0.1) is 11.2 Å². The molecule has 3 rings (SSSR count). The number of nitrogens with two attached hydrogens (primary N) is 1. The fraction of sp³-hybridized carbons (Fsp3) is 0.188. The molecule has 1 aromatic heterocycles. The molecule has 3 aromatic rings. The van der Waals surface area contributed by atoms with Gasteiger partial charge < -0.3 is 10.3 Å². The maximum atomic E-state index is 13.5. The minimum atomic E-state index is -0.879. The lowest BCUT2D eigenvalue weighted by Gasteiger charge is -2.08. The summed E-state index contributed by atoms with van der Waals surface area (Å²) in [7, 11) is 0. The van der Waals surface area contributed by atoms with Gasteiger partial charge in [-0.3, -0.25) is 0 Å². The van der Waals surface area contributed by atoms with Gasteiger partial charge in [0.1, 0.15) is 11.3 Å². The van der Waals surface area contributed by atoms with E-state index in [2.05, 4.69) is 4.98 Å². The van der Waals surface area contributed by atoms with Gasteiger partial charge in [0.15, 0.2) is 11.6 Å². The number of aromatic nitrogens is 2. The molecule has 5 heteroatoms. The number of nitrogens with zero attached hydrogens (tertiary/aromatic N) is 2. The average Bonchev–Trinajstić information content (AvgIpc) is 2.83. The van der Waals surface area contributed by atoms with Crippen molar-refractivity contribution in [3.05, 3.63) is 48.0 Å². The third-order valence-electron chi connectivity index (χ3n) is 3.44. The number of halogens is 2. The number of hydrogen-bond donors (Lipinski definition) is 1. The number of benzene rings is 2. The summed E-state index contributed by atoms with van der Waals surface area (Å²) >= 11 is 0. The third kappa shape index (κ3) is 2.24. The lowest BCUT2D eigenvalue weighted by molar-refractivity contribution is 0.509. The van der Waals surface area contributed by atoms with Crippen molar-refractivity contribution in [1.29, 1.82) is 0 Å². The zero-order valence-corrected chi connectivity index (χ0v) is 11.6. The first-order valence-corrected chi connectivity index (χ1v) is 6.82. The van der Waals surface area contributed by atoms with Crippen LogP contribution < -0.4 is 5.73 Å². The van der Waals surface area contributed by atoms with E-state index in [4.69, 9.17) is 5.73 Å². The van der Waals surface area contributed by atoms with Gasteiger partial charge in [-0.05, 0) is 36.8 Å². The number of hydrogen-bond acceptors (Lipinski definition) is 2. The van der Waals surface area contributed by atoms with Crippen LogP contribution in [0.25, 0.3) is 22.4 Å². The summed E-state index contributed by atoms with van der Waals surface area (Å²) in [6.07, 6.45) is 0.900. The molecule has 0 radical (unpaired) electrons. The van der Waals surface area contributed by atoms with Crippen molar-refractivity contribution in [3.8, 4) is 11.4 Å². The predicted molar refractivity (Wildman–Crippen MR) is 79.8 cm³/mol. The van der Waals surface area contributed by atoms with Crippen molar-refractivity contribution in [2.75, 3.05) is 5.73 Å². The Hall–Kier alpha value is -2.43. The first-order chi connectivity index (χ1) is 10.1. The van der Waals surface area contributed by atoms with Gasteiger partial charge in [0.25, 0.3) is 0 Å². The SMILES string of the molecule is CCCn1c(-c2ccc(F)c(F)c2)nc2c(N)cccc21. The van der Waals surface area contributed by atoms with Crippen LogP contribution in [-0.4, -0.2) is 9.55 Å². The summed E-state index contributed by atoms with van der Waals surface area (Å²) in [5, 5.41) is 0. The molecule has 108 valence electrons. The molecule has 2 N–H and O–H groups in total. The van der Waals surface area contributed by atoms with Crippen molar-refractivity contribution in [1.82, 2.24) is 9.55 Å². The van der Waals surface area contributed by atoms with Crippen molar-refractivity contribution in [2.45, 2.75) is 19.9 Å². The van der Waals surface area contributed by atoms with E-state index in [-0.39, 0.29) is 0 Å². The van der Waals surface area contributed by atoms with Crippen LogP contribution in [0.15, 0.2) is 36.4 Å². The molecule has 0 aliphatic carbocycles. The largest absolute Gasteiger partial charge is 0.397 e. The summed E-state index contributed by atoms with van der Waals surface area (Å²) in [5.41, 5.74) is 8.66.